The van der Waals surface area contributed by atoms with Crippen molar-refractivity contribution >= 4 is 39.0 Å². The van der Waals surface area contributed by atoms with Crippen LogP contribution in [0.3, 0.4) is 0 Å². The maximum absolute atomic E-state index is 12.1. The number of ether oxygens (including phenoxy) is 3. The smallest absolute Gasteiger partial charge is 0.348 e. The summed E-state index contributed by atoms with van der Waals surface area (Å²) in [5.74, 6) is 0.740. The molecular weight excluding hydrogens is 404 g/mol. The Bertz CT molecular complexity index is 1050. The van der Waals surface area contributed by atoms with E-state index in [0.29, 0.717) is 27.1 Å². The Balaban J connectivity index is 1.63. The minimum Gasteiger partial charge on any atom is -0.473 e. The summed E-state index contributed by atoms with van der Waals surface area (Å²) in [5.41, 5.74) is 1.49. The maximum Gasteiger partial charge on any atom is 0.348 e. The van der Waals surface area contributed by atoms with Gasteiger partial charge in [0.15, 0.2) is 0 Å². The normalized spacial score (nSPS) is 18.9. The van der Waals surface area contributed by atoms with Crippen LogP contribution in [-0.2, 0) is 9.47 Å². The molecule has 8 nitrogen and oxygen atoms in total. The molecule has 4 rings (SSSR count). The number of carbonyl (C=O) groups excluding carboxylic acids is 1. The summed E-state index contributed by atoms with van der Waals surface area (Å²) in [6, 6.07) is 3.74. The van der Waals surface area contributed by atoms with Gasteiger partial charge in [-0.2, -0.15) is 0 Å². The summed E-state index contributed by atoms with van der Waals surface area (Å²) >= 11 is 1.29. The van der Waals surface area contributed by atoms with Gasteiger partial charge < -0.3 is 19.5 Å². The molecule has 0 radical (unpaired) electrons. The van der Waals surface area contributed by atoms with E-state index in [1.54, 1.807) is 13.3 Å². The van der Waals surface area contributed by atoms with Crippen LogP contribution in [-0.4, -0.2) is 47.3 Å². The molecular formula is C21H24N4O4S. The zero-order chi connectivity index (χ0) is 21.1. The van der Waals surface area contributed by atoms with E-state index in [-0.39, 0.29) is 18.2 Å². The molecule has 1 N–H and O–H groups in total. The number of thiophene rings is 1. The topological polar surface area (TPSA) is 95.5 Å². The predicted octanol–water partition coefficient (Wildman–Crippen LogP) is 4.26. The van der Waals surface area contributed by atoms with Crippen LogP contribution in [0.25, 0.3) is 10.2 Å². The second-order valence-corrected chi connectivity index (χ2v) is 8.19. The highest BCUT2D eigenvalue weighted by molar-refractivity contribution is 7.20. The molecule has 1 aliphatic carbocycles. The molecule has 0 bridgehead atoms. The van der Waals surface area contributed by atoms with E-state index in [9.17, 15) is 4.79 Å². The summed E-state index contributed by atoms with van der Waals surface area (Å²) in [6.07, 6.45) is 7.39. The number of pyridine rings is 1. The van der Waals surface area contributed by atoms with Gasteiger partial charge >= 0.3 is 5.97 Å². The van der Waals surface area contributed by atoms with E-state index in [1.807, 2.05) is 19.1 Å². The Morgan fingerprint density at radius 2 is 2.03 bits per heavy atom. The quantitative estimate of drug-likeness (QED) is 0.582. The van der Waals surface area contributed by atoms with E-state index in [4.69, 9.17) is 14.2 Å². The molecule has 158 valence electrons. The fourth-order valence-electron chi connectivity index (χ4n) is 3.74. The number of hydrogen-bond acceptors (Lipinski definition) is 9. The average molecular weight is 429 g/mol. The van der Waals surface area contributed by atoms with Crippen LogP contribution in [0, 0.1) is 6.92 Å². The van der Waals surface area contributed by atoms with Crippen molar-refractivity contribution in [3.63, 3.8) is 0 Å². The van der Waals surface area contributed by atoms with Gasteiger partial charge in [-0.3, -0.25) is 0 Å². The van der Waals surface area contributed by atoms with Crippen molar-refractivity contribution in [3.05, 3.63) is 35.1 Å². The molecule has 1 aliphatic rings. The SMILES string of the molecule is COC(=O)c1sc2ncnc(Nc3cccnc3O[C@@H]3CCC[C@H](OC)C3)c2c1C. The maximum atomic E-state index is 12.1. The summed E-state index contributed by atoms with van der Waals surface area (Å²) in [4.78, 5) is 26.5. The first-order valence-corrected chi connectivity index (χ1v) is 10.7. The largest absolute Gasteiger partial charge is 0.473 e. The number of aryl methyl sites for hydroxylation is 1. The summed E-state index contributed by atoms with van der Waals surface area (Å²) in [6.45, 7) is 1.87. The molecule has 0 aromatic carbocycles. The van der Waals surface area contributed by atoms with Crippen LogP contribution in [0.2, 0.25) is 0 Å². The number of nitrogens with zero attached hydrogens (tertiary/aromatic N) is 3. The van der Waals surface area contributed by atoms with Crippen LogP contribution in [0.4, 0.5) is 11.5 Å². The van der Waals surface area contributed by atoms with Gasteiger partial charge in [-0.25, -0.2) is 19.7 Å². The lowest BCUT2D eigenvalue weighted by atomic mass is 9.95. The van der Waals surface area contributed by atoms with Crippen LogP contribution in [0.5, 0.6) is 5.88 Å². The number of esters is 1. The highest BCUT2D eigenvalue weighted by Gasteiger charge is 2.25. The number of nitrogens with one attached hydrogen (secondary N) is 1. The molecule has 30 heavy (non-hydrogen) atoms. The van der Waals surface area contributed by atoms with Crippen molar-refractivity contribution in [2.24, 2.45) is 0 Å². The zero-order valence-electron chi connectivity index (χ0n) is 17.2. The fourth-order valence-corrected chi connectivity index (χ4v) is 4.81. The molecule has 0 amide bonds. The van der Waals surface area contributed by atoms with Crippen molar-refractivity contribution in [2.45, 2.75) is 44.8 Å². The van der Waals surface area contributed by atoms with Gasteiger partial charge in [0.1, 0.15) is 33.6 Å². The third kappa shape index (κ3) is 4.08. The first-order chi connectivity index (χ1) is 14.6. The van der Waals surface area contributed by atoms with Crippen LogP contribution >= 0.6 is 11.3 Å². The fraction of sp³-hybridized carbons (Fsp3) is 0.429. The number of aromatic nitrogens is 3. The monoisotopic (exact) mass is 428 g/mol. The number of rotatable bonds is 6. The van der Waals surface area contributed by atoms with E-state index in [2.05, 4.69) is 20.3 Å². The summed E-state index contributed by atoms with van der Waals surface area (Å²) in [7, 11) is 3.11. The molecule has 3 aromatic rings. The Morgan fingerprint density at radius 1 is 1.20 bits per heavy atom. The van der Waals surface area contributed by atoms with Gasteiger partial charge in [0.25, 0.3) is 0 Å². The molecule has 9 heteroatoms. The van der Waals surface area contributed by atoms with Crippen molar-refractivity contribution in [3.8, 4) is 5.88 Å². The van der Waals surface area contributed by atoms with Gasteiger partial charge in [0.05, 0.1) is 18.6 Å². The third-order valence-electron chi connectivity index (χ3n) is 5.31. The molecule has 0 saturated heterocycles. The molecule has 3 heterocycles. The van der Waals surface area contributed by atoms with E-state index < -0.39 is 0 Å². The van der Waals surface area contributed by atoms with Crippen molar-refractivity contribution in [1.82, 2.24) is 15.0 Å². The Morgan fingerprint density at radius 3 is 2.83 bits per heavy atom. The number of anilines is 2. The van der Waals surface area contributed by atoms with Crippen molar-refractivity contribution < 1.29 is 19.0 Å². The highest BCUT2D eigenvalue weighted by atomic mass is 32.1. The number of carbonyl (C=O) groups is 1. The average Bonchev–Trinajstić information content (AvgIpc) is 3.12. The number of fused-ring (bicyclic) bond motifs is 1. The lowest BCUT2D eigenvalue weighted by molar-refractivity contribution is 0.0197. The van der Waals surface area contributed by atoms with Crippen LogP contribution in [0.1, 0.15) is 40.9 Å². The molecule has 0 unspecified atom stereocenters. The minimum absolute atomic E-state index is 0.0541. The Labute approximate surface area is 178 Å². The second-order valence-electron chi connectivity index (χ2n) is 7.20. The standard InChI is InChI=1S/C21H24N4O4S/c1-12-16-18(23-11-24-20(16)30-17(12)21(26)28-3)25-15-8-5-9-22-19(15)29-14-7-4-6-13(10-14)27-2/h5,8-9,11,13-14H,4,6-7,10H2,1-3H3,(H,23,24,25)/t13-,14+/m0/s1. The van der Waals surface area contributed by atoms with Gasteiger partial charge in [0.2, 0.25) is 5.88 Å². The van der Waals surface area contributed by atoms with Crippen molar-refractivity contribution in [1.29, 1.82) is 0 Å². The van der Waals surface area contributed by atoms with Gasteiger partial charge in [-0.1, -0.05) is 0 Å². The Kier molecular flexibility index (Phi) is 6.10. The van der Waals surface area contributed by atoms with Crippen LogP contribution < -0.4 is 10.1 Å². The lowest BCUT2D eigenvalue weighted by Crippen LogP contribution is -2.29. The van der Waals surface area contributed by atoms with Gasteiger partial charge in [-0.05, 0) is 43.9 Å². The van der Waals surface area contributed by atoms with E-state index in [1.165, 1.54) is 24.8 Å². The molecule has 1 saturated carbocycles. The molecule has 2 atom stereocenters. The molecule has 0 aliphatic heterocycles. The number of hydrogen-bond donors (Lipinski definition) is 1. The first-order valence-electron chi connectivity index (χ1n) is 9.84. The Hall–Kier alpha value is -2.78. The summed E-state index contributed by atoms with van der Waals surface area (Å²) < 4.78 is 16.6. The molecule has 0 spiro atoms. The van der Waals surface area contributed by atoms with E-state index in [0.717, 1.165) is 36.6 Å². The summed E-state index contributed by atoms with van der Waals surface area (Å²) in [5, 5.41) is 4.11. The molecule has 1 fully saturated rings. The van der Waals surface area contributed by atoms with Gasteiger partial charge in [0, 0.05) is 19.7 Å². The number of methoxy groups -OCH3 is 2. The van der Waals surface area contributed by atoms with E-state index >= 15 is 0 Å². The van der Waals surface area contributed by atoms with Crippen LogP contribution in [0.15, 0.2) is 24.7 Å². The van der Waals surface area contributed by atoms with Gasteiger partial charge in [-0.15, -0.1) is 11.3 Å². The first kappa shape index (κ1) is 20.5. The van der Waals surface area contributed by atoms with Crippen molar-refractivity contribution in [2.75, 3.05) is 19.5 Å². The predicted molar refractivity (Wildman–Crippen MR) is 115 cm³/mol. The highest BCUT2D eigenvalue weighted by Crippen LogP contribution is 2.36. The second kappa shape index (κ2) is 8.93. The minimum atomic E-state index is -0.378. The lowest BCUT2D eigenvalue weighted by Gasteiger charge is -2.28. The molecule has 3 aromatic heterocycles. The zero-order valence-corrected chi connectivity index (χ0v) is 18.0. The third-order valence-corrected chi connectivity index (χ3v) is 6.49.